The predicted molar refractivity (Wildman–Crippen MR) is 86.8 cm³/mol. The minimum atomic E-state index is 0.526. The summed E-state index contributed by atoms with van der Waals surface area (Å²) >= 11 is 0. The Bertz CT molecular complexity index is 501. The molecule has 4 heteroatoms. The summed E-state index contributed by atoms with van der Waals surface area (Å²) in [5, 5.41) is 10.3. The van der Waals surface area contributed by atoms with Crippen LogP contribution in [0.2, 0.25) is 0 Å². The van der Waals surface area contributed by atoms with E-state index in [1.165, 1.54) is 0 Å². The third-order valence-electron chi connectivity index (χ3n) is 3.37. The fraction of sp³-hybridized carbons (Fsp3) is 0.529. The summed E-state index contributed by atoms with van der Waals surface area (Å²) in [4.78, 5) is 0. The van der Waals surface area contributed by atoms with E-state index in [1.807, 2.05) is 37.1 Å². The molecule has 114 valence electrons. The Balaban J connectivity index is 2.88. The molecule has 0 aliphatic rings. The number of terminal acetylenes is 1. The molecule has 0 aliphatic carbocycles. The highest BCUT2D eigenvalue weighted by Crippen LogP contribution is 2.25. The molecule has 0 aromatic heterocycles. The Morgan fingerprint density at radius 2 is 2.00 bits per heavy atom. The second-order valence-corrected chi connectivity index (χ2v) is 4.98. The lowest BCUT2D eigenvalue weighted by molar-refractivity contribution is 0.256. The van der Waals surface area contributed by atoms with Crippen LogP contribution in [0, 0.1) is 18.3 Å². The molecule has 21 heavy (non-hydrogen) atoms. The highest BCUT2D eigenvalue weighted by molar-refractivity contribution is 5.57. The molecule has 0 radical (unpaired) electrons. The first-order valence-electron chi connectivity index (χ1n) is 7.54. The van der Waals surface area contributed by atoms with Crippen molar-refractivity contribution in [2.75, 3.05) is 19.7 Å². The van der Waals surface area contributed by atoms with Gasteiger partial charge in [-0.3, -0.25) is 5.01 Å². The molecule has 1 aromatic carbocycles. The van der Waals surface area contributed by atoms with Gasteiger partial charge >= 0.3 is 0 Å². The van der Waals surface area contributed by atoms with Crippen LogP contribution in [0.25, 0.3) is 0 Å². The first-order valence-corrected chi connectivity index (χ1v) is 7.54. The fourth-order valence-electron chi connectivity index (χ4n) is 1.62. The van der Waals surface area contributed by atoms with E-state index in [-0.39, 0.29) is 0 Å². The summed E-state index contributed by atoms with van der Waals surface area (Å²) in [6, 6.07) is 5.58. The number of rotatable bonds is 8. The number of hydrogen-bond acceptors (Lipinski definition) is 3. The van der Waals surface area contributed by atoms with Gasteiger partial charge in [0.25, 0.3) is 0 Å². The molecule has 0 spiro atoms. The molecule has 0 heterocycles. The van der Waals surface area contributed by atoms with Crippen LogP contribution in [-0.2, 0) is 0 Å². The standard InChI is InChI=1S/C17H25N3O/c1-6-14(5)13-21-16-11-10-15(7-2)17(12-16)18-19-20(8-3)9-4/h2,10-12,14H,6,8-9,13H2,1,3-5H3/t14-/m0/s1. The van der Waals surface area contributed by atoms with Gasteiger partial charge in [0.05, 0.1) is 12.2 Å². The number of nitrogens with zero attached hydrogens (tertiary/aromatic N) is 3. The van der Waals surface area contributed by atoms with Crippen LogP contribution in [0.1, 0.15) is 39.7 Å². The highest BCUT2D eigenvalue weighted by Gasteiger charge is 2.05. The third kappa shape index (κ3) is 5.47. The summed E-state index contributed by atoms with van der Waals surface area (Å²) in [5.74, 6) is 3.94. The predicted octanol–water partition coefficient (Wildman–Crippen LogP) is 4.43. The van der Waals surface area contributed by atoms with Crippen molar-refractivity contribution in [3.05, 3.63) is 23.8 Å². The van der Waals surface area contributed by atoms with Crippen molar-refractivity contribution < 1.29 is 4.74 Å². The lowest BCUT2D eigenvalue weighted by atomic mass is 10.1. The van der Waals surface area contributed by atoms with Crippen molar-refractivity contribution in [2.45, 2.75) is 34.1 Å². The highest BCUT2D eigenvalue weighted by atomic mass is 16.5. The van der Waals surface area contributed by atoms with E-state index in [0.29, 0.717) is 18.2 Å². The van der Waals surface area contributed by atoms with Crippen LogP contribution in [-0.4, -0.2) is 24.7 Å². The quantitative estimate of drug-likeness (QED) is 0.403. The zero-order valence-electron chi connectivity index (χ0n) is 13.5. The van der Waals surface area contributed by atoms with E-state index in [0.717, 1.165) is 30.8 Å². The molecule has 0 N–H and O–H groups in total. The number of ether oxygens (including phenoxy) is 1. The minimum absolute atomic E-state index is 0.526. The van der Waals surface area contributed by atoms with Crippen molar-refractivity contribution in [1.82, 2.24) is 5.01 Å². The molecule has 0 bridgehead atoms. The van der Waals surface area contributed by atoms with E-state index in [4.69, 9.17) is 11.2 Å². The van der Waals surface area contributed by atoms with Gasteiger partial charge in [-0.2, -0.15) is 0 Å². The number of benzene rings is 1. The summed E-state index contributed by atoms with van der Waals surface area (Å²) in [6.45, 7) is 10.7. The van der Waals surface area contributed by atoms with Crippen LogP contribution >= 0.6 is 0 Å². The van der Waals surface area contributed by atoms with Gasteiger partial charge in [0.1, 0.15) is 11.4 Å². The van der Waals surface area contributed by atoms with Gasteiger partial charge in [-0.15, -0.1) is 11.5 Å². The second-order valence-electron chi connectivity index (χ2n) is 4.98. The molecule has 1 atom stereocenters. The normalized spacial score (nSPS) is 12.1. The molecule has 0 unspecified atom stereocenters. The SMILES string of the molecule is C#Cc1ccc(OC[C@@H](C)CC)cc1N=NN(CC)CC. The first-order chi connectivity index (χ1) is 10.1. The summed E-state index contributed by atoms with van der Waals surface area (Å²) in [7, 11) is 0. The Morgan fingerprint density at radius 3 is 2.57 bits per heavy atom. The summed E-state index contributed by atoms with van der Waals surface area (Å²) < 4.78 is 5.77. The fourth-order valence-corrected chi connectivity index (χ4v) is 1.62. The maximum Gasteiger partial charge on any atom is 0.121 e. The maximum atomic E-state index is 5.77. The molecular formula is C17H25N3O. The van der Waals surface area contributed by atoms with E-state index in [9.17, 15) is 0 Å². The van der Waals surface area contributed by atoms with Crippen LogP contribution < -0.4 is 4.74 Å². The second kappa shape index (κ2) is 9.02. The zero-order valence-corrected chi connectivity index (χ0v) is 13.5. The Morgan fingerprint density at radius 1 is 1.29 bits per heavy atom. The van der Waals surface area contributed by atoms with Crippen molar-refractivity contribution in [3.63, 3.8) is 0 Å². The van der Waals surface area contributed by atoms with Gasteiger partial charge in [-0.05, 0) is 31.9 Å². The Hall–Kier alpha value is -2.02. The maximum absolute atomic E-state index is 5.77. The molecular weight excluding hydrogens is 262 g/mol. The van der Waals surface area contributed by atoms with Crippen molar-refractivity contribution in [1.29, 1.82) is 0 Å². The van der Waals surface area contributed by atoms with Crippen molar-refractivity contribution in [3.8, 4) is 18.1 Å². The van der Waals surface area contributed by atoms with Crippen LogP contribution in [0.4, 0.5) is 5.69 Å². The summed E-state index contributed by atoms with van der Waals surface area (Å²) in [6.07, 6.45) is 6.60. The molecule has 0 aliphatic heterocycles. The van der Waals surface area contributed by atoms with E-state index in [1.54, 1.807) is 0 Å². The largest absolute Gasteiger partial charge is 0.493 e. The summed E-state index contributed by atoms with van der Waals surface area (Å²) in [5.41, 5.74) is 1.40. The van der Waals surface area contributed by atoms with E-state index in [2.05, 4.69) is 30.1 Å². The Labute approximate surface area is 128 Å². The average molecular weight is 287 g/mol. The van der Waals surface area contributed by atoms with E-state index < -0.39 is 0 Å². The lowest BCUT2D eigenvalue weighted by Crippen LogP contribution is -2.14. The van der Waals surface area contributed by atoms with Gasteiger partial charge in [0, 0.05) is 19.2 Å². The molecule has 1 rings (SSSR count). The molecule has 0 amide bonds. The number of hydrogen-bond donors (Lipinski definition) is 0. The van der Waals surface area contributed by atoms with Crippen LogP contribution in [0.5, 0.6) is 5.75 Å². The smallest absolute Gasteiger partial charge is 0.121 e. The molecule has 1 aromatic rings. The lowest BCUT2D eigenvalue weighted by Gasteiger charge is -2.13. The van der Waals surface area contributed by atoms with Gasteiger partial charge in [0.15, 0.2) is 0 Å². The van der Waals surface area contributed by atoms with Gasteiger partial charge in [0.2, 0.25) is 0 Å². The molecule has 0 saturated carbocycles. The zero-order chi connectivity index (χ0) is 15.7. The van der Waals surface area contributed by atoms with Crippen LogP contribution in [0.15, 0.2) is 28.5 Å². The topological polar surface area (TPSA) is 37.2 Å². The van der Waals surface area contributed by atoms with Crippen molar-refractivity contribution in [2.24, 2.45) is 16.3 Å². The van der Waals surface area contributed by atoms with E-state index >= 15 is 0 Å². The Kier molecular flexibility index (Phi) is 7.31. The molecule has 0 saturated heterocycles. The third-order valence-corrected chi connectivity index (χ3v) is 3.37. The van der Waals surface area contributed by atoms with Crippen molar-refractivity contribution >= 4 is 5.69 Å². The molecule has 0 fully saturated rings. The monoisotopic (exact) mass is 287 g/mol. The molecule has 4 nitrogen and oxygen atoms in total. The first kappa shape index (κ1) is 17.0. The minimum Gasteiger partial charge on any atom is -0.493 e. The van der Waals surface area contributed by atoms with Gasteiger partial charge in [-0.1, -0.05) is 31.4 Å². The average Bonchev–Trinajstić information content (AvgIpc) is 2.53. The van der Waals surface area contributed by atoms with Gasteiger partial charge < -0.3 is 4.74 Å². The van der Waals surface area contributed by atoms with Crippen LogP contribution in [0.3, 0.4) is 0 Å². The van der Waals surface area contributed by atoms with Gasteiger partial charge in [-0.25, -0.2) is 0 Å².